The minimum absolute atomic E-state index is 0.119. The van der Waals surface area contributed by atoms with Crippen LogP contribution in [-0.2, 0) is 6.42 Å². The van der Waals surface area contributed by atoms with E-state index in [0.717, 1.165) is 6.42 Å². The molecule has 1 aromatic carbocycles. The number of aryl methyl sites for hydroxylation is 3. The first-order valence-electron chi connectivity index (χ1n) is 5.95. The normalized spacial score (nSPS) is 12.7. The van der Waals surface area contributed by atoms with E-state index in [1.165, 1.54) is 26.4 Å². The summed E-state index contributed by atoms with van der Waals surface area (Å²) in [5, 5.41) is 0. The molecular formula is C15H19NS. The van der Waals surface area contributed by atoms with Crippen molar-refractivity contribution in [2.45, 2.75) is 33.2 Å². The number of benzene rings is 1. The van der Waals surface area contributed by atoms with Gasteiger partial charge in [0.15, 0.2) is 0 Å². The van der Waals surface area contributed by atoms with Gasteiger partial charge in [-0.3, -0.25) is 0 Å². The summed E-state index contributed by atoms with van der Waals surface area (Å²) in [5.74, 6) is 0. The molecule has 0 radical (unpaired) electrons. The average molecular weight is 245 g/mol. The lowest BCUT2D eigenvalue weighted by Crippen LogP contribution is -2.12. The molecule has 0 saturated heterocycles. The standard InChI is InChI=1S/C15H19NS/c1-10-6-4-5-7-13(10)9-14(16)15-8-11(2)12(3)17-15/h4-8,14H,9,16H2,1-3H3. The molecule has 2 rings (SSSR count). The van der Waals surface area contributed by atoms with Crippen LogP contribution in [0.15, 0.2) is 30.3 Å². The highest BCUT2D eigenvalue weighted by Crippen LogP contribution is 2.27. The van der Waals surface area contributed by atoms with Crippen LogP contribution in [0.1, 0.15) is 32.5 Å². The number of hydrogen-bond acceptors (Lipinski definition) is 2. The second-order valence-electron chi connectivity index (χ2n) is 4.63. The molecule has 0 spiro atoms. The molecule has 17 heavy (non-hydrogen) atoms. The minimum atomic E-state index is 0.119. The van der Waals surface area contributed by atoms with Crippen LogP contribution in [0.2, 0.25) is 0 Å². The van der Waals surface area contributed by atoms with Crippen LogP contribution in [0, 0.1) is 20.8 Å². The molecule has 1 unspecified atom stereocenters. The van der Waals surface area contributed by atoms with Crippen LogP contribution >= 0.6 is 11.3 Å². The molecule has 90 valence electrons. The van der Waals surface area contributed by atoms with Crippen molar-refractivity contribution in [1.82, 2.24) is 0 Å². The Labute approximate surface area is 107 Å². The van der Waals surface area contributed by atoms with Gasteiger partial charge in [-0.25, -0.2) is 0 Å². The summed E-state index contributed by atoms with van der Waals surface area (Å²) in [5.41, 5.74) is 10.3. The minimum Gasteiger partial charge on any atom is -0.323 e. The van der Waals surface area contributed by atoms with Crippen molar-refractivity contribution in [2.75, 3.05) is 0 Å². The molecule has 1 nitrogen and oxygen atoms in total. The molecule has 0 aliphatic carbocycles. The topological polar surface area (TPSA) is 26.0 Å². The van der Waals surface area contributed by atoms with Crippen LogP contribution in [0.25, 0.3) is 0 Å². The first-order valence-corrected chi connectivity index (χ1v) is 6.76. The van der Waals surface area contributed by atoms with E-state index in [2.05, 4.69) is 51.1 Å². The van der Waals surface area contributed by atoms with Gasteiger partial charge in [0.2, 0.25) is 0 Å². The van der Waals surface area contributed by atoms with Gasteiger partial charge in [0.1, 0.15) is 0 Å². The molecular weight excluding hydrogens is 226 g/mol. The summed E-state index contributed by atoms with van der Waals surface area (Å²) in [6.07, 6.45) is 0.923. The lowest BCUT2D eigenvalue weighted by molar-refractivity contribution is 0.733. The first-order chi connectivity index (χ1) is 8.08. The maximum Gasteiger partial charge on any atom is 0.0430 e. The highest BCUT2D eigenvalue weighted by atomic mass is 32.1. The summed E-state index contributed by atoms with van der Waals surface area (Å²) >= 11 is 1.82. The van der Waals surface area contributed by atoms with Crippen molar-refractivity contribution in [1.29, 1.82) is 0 Å². The van der Waals surface area contributed by atoms with Crippen molar-refractivity contribution in [3.05, 3.63) is 56.8 Å². The molecule has 2 heteroatoms. The van der Waals surface area contributed by atoms with E-state index in [4.69, 9.17) is 5.73 Å². The largest absolute Gasteiger partial charge is 0.323 e. The summed E-state index contributed by atoms with van der Waals surface area (Å²) in [6, 6.07) is 10.8. The third-order valence-electron chi connectivity index (χ3n) is 3.25. The third-order valence-corrected chi connectivity index (χ3v) is 4.54. The SMILES string of the molecule is Cc1ccccc1CC(N)c1cc(C)c(C)s1. The zero-order valence-corrected chi connectivity index (χ0v) is 11.5. The van der Waals surface area contributed by atoms with Crippen LogP contribution in [-0.4, -0.2) is 0 Å². The maximum atomic E-state index is 6.29. The average Bonchev–Trinajstić information content (AvgIpc) is 2.63. The van der Waals surface area contributed by atoms with Gasteiger partial charge in [0.05, 0.1) is 0 Å². The van der Waals surface area contributed by atoms with Crippen molar-refractivity contribution in [2.24, 2.45) is 5.73 Å². The second-order valence-corrected chi connectivity index (χ2v) is 5.91. The van der Waals surface area contributed by atoms with Crippen molar-refractivity contribution >= 4 is 11.3 Å². The molecule has 0 bridgehead atoms. The van der Waals surface area contributed by atoms with Crippen molar-refractivity contribution < 1.29 is 0 Å². The Bertz CT molecular complexity index is 494. The fourth-order valence-corrected chi connectivity index (χ4v) is 3.00. The predicted octanol–water partition coefficient (Wildman–Crippen LogP) is 3.92. The predicted molar refractivity (Wildman–Crippen MR) is 75.6 cm³/mol. The van der Waals surface area contributed by atoms with E-state index >= 15 is 0 Å². The third kappa shape index (κ3) is 2.76. The van der Waals surface area contributed by atoms with Gasteiger partial charge >= 0.3 is 0 Å². The Kier molecular flexibility index (Phi) is 3.65. The Morgan fingerprint density at radius 3 is 2.41 bits per heavy atom. The Hall–Kier alpha value is -1.12. The number of hydrogen-bond donors (Lipinski definition) is 1. The van der Waals surface area contributed by atoms with Gasteiger partial charge in [0.25, 0.3) is 0 Å². The zero-order chi connectivity index (χ0) is 12.4. The number of rotatable bonds is 3. The van der Waals surface area contributed by atoms with Gasteiger partial charge in [-0.1, -0.05) is 24.3 Å². The molecule has 0 saturated carbocycles. The Balaban J connectivity index is 2.17. The van der Waals surface area contributed by atoms with Crippen LogP contribution in [0.3, 0.4) is 0 Å². The molecule has 2 aromatic rings. The lowest BCUT2D eigenvalue weighted by atomic mass is 10.0. The number of thiophene rings is 1. The van der Waals surface area contributed by atoms with E-state index in [1.807, 2.05) is 11.3 Å². The van der Waals surface area contributed by atoms with Gasteiger partial charge in [-0.15, -0.1) is 11.3 Å². The highest BCUT2D eigenvalue weighted by molar-refractivity contribution is 7.12. The van der Waals surface area contributed by atoms with Crippen LogP contribution < -0.4 is 5.73 Å². The van der Waals surface area contributed by atoms with E-state index < -0.39 is 0 Å². The van der Waals surface area contributed by atoms with Gasteiger partial charge < -0.3 is 5.73 Å². The molecule has 1 heterocycles. The van der Waals surface area contributed by atoms with E-state index in [9.17, 15) is 0 Å². The molecule has 0 aliphatic heterocycles. The summed E-state index contributed by atoms with van der Waals surface area (Å²) in [4.78, 5) is 2.67. The molecule has 0 fully saturated rings. The fraction of sp³-hybridized carbons (Fsp3) is 0.333. The van der Waals surface area contributed by atoms with Gasteiger partial charge in [0, 0.05) is 15.8 Å². The molecule has 0 aliphatic rings. The van der Waals surface area contributed by atoms with Crippen molar-refractivity contribution in [3.8, 4) is 0 Å². The zero-order valence-electron chi connectivity index (χ0n) is 10.7. The first kappa shape index (κ1) is 12.3. The van der Waals surface area contributed by atoms with Crippen LogP contribution in [0.4, 0.5) is 0 Å². The molecule has 1 atom stereocenters. The monoisotopic (exact) mass is 245 g/mol. The maximum absolute atomic E-state index is 6.29. The van der Waals surface area contributed by atoms with Gasteiger partial charge in [-0.05, 0) is 49.9 Å². The summed E-state index contributed by atoms with van der Waals surface area (Å²) in [7, 11) is 0. The quantitative estimate of drug-likeness (QED) is 0.871. The fourth-order valence-electron chi connectivity index (χ4n) is 1.96. The van der Waals surface area contributed by atoms with Crippen molar-refractivity contribution in [3.63, 3.8) is 0 Å². The van der Waals surface area contributed by atoms with E-state index in [1.54, 1.807) is 0 Å². The molecule has 1 aromatic heterocycles. The smallest absolute Gasteiger partial charge is 0.0430 e. The molecule has 2 N–H and O–H groups in total. The number of nitrogens with two attached hydrogens (primary N) is 1. The second kappa shape index (κ2) is 5.03. The Morgan fingerprint density at radius 1 is 1.12 bits per heavy atom. The Morgan fingerprint density at radius 2 is 1.82 bits per heavy atom. The lowest BCUT2D eigenvalue weighted by Gasteiger charge is -2.11. The van der Waals surface area contributed by atoms with Crippen LogP contribution in [0.5, 0.6) is 0 Å². The van der Waals surface area contributed by atoms with E-state index in [0.29, 0.717) is 0 Å². The van der Waals surface area contributed by atoms with E-state index in [-0.39, 0.29) is 6.04 Å². The summed E-state index contributed by atoms with van der Waals surface area (Å²) < 4.78 is 0. The van der Waals surface area contributed by atoms with Gasteiger partial charge in [-0.2, -0.15) is 0 Å². The molecule has 0 amide bonds. The highest BCUT2D eigenvalue weighted by Gasteiger charge is 2.12. The summed E-state index contributed by atoms with van der Waals surface area (Å²) in [6.45, 7) is 6.45.